The minimum absolute atomic E-state index is 0.0871. The Hall–Kier alpha value is -2.11. The molecule has 10 nitrogen and oxygen atoms in total. The lowest BCUT2D eigenvalue weighted by Gasteiger charge is -2.39. The highest BCUT2D eigenvalue weighted by Crippen LogP contribution is 2.38. The van der Waals surface area contributed by atoms with Crippen molar-refractivity contribution in [2.75, 3.05) is 11.9 Å². The number of hydrogen-bond donors (Lipinski definition) is 7. The Morgan fingerprint density at radius 3 is 2.60 bits per heavy atom. The number of phenols is 1. The van der Waals surface area contributed by atoms with Crippen molar-refractivity contribution in [1.82, 2.24) is 0 Å². The van der Waals surface area contributed by atoms with Gasteiger partial charge in [0.25, 0.3) is 0 Å². The molecule has 0 bridgehead atoms. The fraction of sp³-hybridized carbons (Fsp3) is 0.533. The third-order valence-corrected chi connectivity index (χ3v) is 4.33. The Morgan fingerprint density at radius 2 is 1.96 bits per heavy atom. The molecule has 2 heterocycles. The molecule has 2 aliphatic rings. The molecule has 7 N–H and O–H groups in total. The van der Waals surface area contributed by atoms with Crippen LogP contribution in [0.3, 0.4) is 0 Å². The van der Waals surface area contributed by atoms with Crippen LogP contribution < -0.4 is 10.1 Å². The minimum Gasteiger partial charge on any atom is -0.504 e. The number of anilines is 1. The highest BCUT2D eigenvalue weighted by atomic mass is 16.7. The topological polar surface area (TPSA) is 169 Å². The van der Waals surface area contributed by atoms with Crippen LogP contribution in [0.2, 0.25) is 0 Å². The highest BCUT2D eigenvalue weighted by molar-refractivity contribution is 5.82. The number of rotatable bonds is 4. The number of aliphatic hydroxyl groups is 4. The van der Waals surface area contributed by atoms with Crippen molar-refractivity contribution in [3.63, 3.8) is 0 Å². The molecule has 0 spiro atoms. The first-order valence-electron chi connectivity index (χ1n) is 7.64. The molecule has 1 aromatic carbocycles. The smallest absolute Gasteiger partial charge is 0.326 e. The quantitative estimate of drug-likeness (QED) is 0.320. The number of benzene rings is 1. The van der Waals surface area contributed by atoms with E-state index >= 15 is 0 Å². The number of hydrogen-bond acceptors (Lipinski definition) is 9. The number of carboxylic acids is 1. The first kappa shape index (κ1) is 17.7. The lowest BCUT2D eigenvalue weighted by Crippen LogP contribution is -2.60. The lowest BCUT2D eigenvalue weighted by molar-refractivity contribution is -0.277. The molecule has 1 unspecified atom stereocenters. The second-order valence-corrected chi connectivity index (χ2v) is 6.03. The van der Waals surface area contributed by atoms with Crippen LogP contribution >= 0.6 is 0 Å². The molecular formula is C15H19NO9. The summed E-state index contributed by atoms with van der Waals surface area (Å²) in [6.45, 7) is -0.606. The van der Waals surface area contributed by atoms with Gasteiger partial charge < -0.3 is 45.4 Å². The third kappa shape index (κ3) is 3.22. The van der Waals surface area contributed by atoms with E-state index in [1.165, 1.54) is 12.1 Å². The van der Waals surface area contributed by atoms with Crippen molar-refractivity contribution < 1.29 is 44.9 Å². The largest absolute Gasteiger partial charge is 0.504 e. The number of carbonyl (C=O) groups is 1. The van der Waals surface area contributed by atoms with Gasteiger partial charge in [-0.25, -0.2) is 4.79 Å². The van der Waals surface area contributed by atoms with Crippen molar-refractivity contribution in [2.24, 2.45) is 0 Å². The zero-order chi connectivity index (χ0) is 18.3. The average Bonchev–Trinajstić information content (AvgIpc) is 2.98. The molecule has 2 aliphatic heterocycles. The SMILES string of the molecule is O=C(O)C1Cc2cc(O[C@@H]3O[C@H](CO)[C@@H](O)[C@H](O)[C@H]3O)c(O)cc2N1. The molecule has 25 heavy (non-hydrogen) atoms. The van der Waals surface area contributed by atoms with Gasteiger partial charge in [0.1, 0.15) is 30.5 Å². The molecule has 6 atom stereocenters. The van der Waals surface area contributed by atoms with Gasteiger partial charge >= 0.3 is 5.97 Å². The summed E-state index contributed by atoms with van der Waals surface area (Å²) in [5.74, 6) is -1.45. The van der Waals surface area contributed by atoms with E-state index in [-0.39, 0.29) is 17.9 Å². The number of carboxylic acid groups (broad SMARTS) is 1. The van der Waals surface area contributed by atoms with E-state index in [1.54, 1.807) is 0 Å². The van der Waals surface area contributed by atoms with Gasteiger partial charge in [0.15, 0.2) is 11.5 Å². The zero-order valence-electron chi connectivity index (χ0n) is 12.9. The first-order valence-corrected chi connectivity index (χ1v) is 7.64. The van der Waals surface area contributed by atoms with Crippen molar-refractivity contribution in [3.05, 3.63) is 17.7 Å². The number of fused-ring (bicyclic) bond motifs is 1. The van der Waals surface area contributed by atoms with Crippen LogP contribution in [0.15, 0.2) is 12.1 Å². The average molecular weight is 357 g/mol. The molecular weight excluding hydrogens is 338 g/mol. The van der Waals surface area contributed by atoms with Crippen LogP contribution in [0.4, 0.5) is 5.69 Å². The van der Waals surface area contributed by atoms with Gasteiger partial charge in [-0.2, -0.15) is 0 Å². The fourth-order valence-corrected chi connectivity index (χ4v) is 2.91. The molecule has 0 aromatic heterocycles. The van der Waals surface area contributed by atoms with Gasteiger partial charge in [0.2, 0.25) is 6.29 Å². The number of aliphatic carboxylic acids is 1. The Labute approximate surface area is 141 Å². The fourth-order valence-electron chi connectivity index (χ4n) is 2.91. The van der Waals surface area contributed by atoms with Gasteiger partial charge in [0.05, 0.1) is 6.61 Å². The van der Waals surface area contributed by atoms with Crippen LogP contribution in [0.25, 0.3) is 0 Å². The second-order valence-electron chi connectivity index (χ2n) is 6.03. The predicted molar refractivity (Wildman–Crippen MR) is 81.3 cm³/mol. The maximum absolute atomic E-state index is 11.1. The molecule has 3 rings (SSSR count). The zero-order valence-corrected chi connectivity index (χ0v) is 12.9. The minimum atomic E-state index is -1.62. The maximum atomic E-state index is 11.1. The summed E-state index contributed by atoms with van der Waals surface area (Å²) in [7, 11) is 0. The Kier molecular flexibility index (Phi) is 4.71. The molecule has 10 heteroatoms. The third-order valence-electron chi connectivity index (χ3n) is 4.33. The number of phenolic OH excluding ortho intramolecular Hbond substituents is 1. The van der Waals surface area contributed by atoms with Gasteiger partial charge in [-0.05, 0) is 11.6 Å². The van der Waals surface area contributed by atoms with Crippen molar-refractivity contribution >= 4 is 11.7 Å². The molecule has 1 aromatic rings. The predicted octanol–water partition coefficient (Wildman–Crippen LogP) is -2.01. The summed E-state index contributed by atoms with van der Waals surface area (Å²) < 4.78 is 10.6. The van der Waals surface area contributed by atoms with Crippen LogP contribution in [-0.2, 0) is 16.0 Å². The van der Waals surface area contributed by atoms with E-state index in [4.69, 9.17) is 19.7 Å². The van der Waals surface area contributed by atoms with Crippen molar-refractivity contribution in [1.29, 1.82) is 0 Å². The van der Waals surface area contributed by atoms with E-state index in [9.17, 15) is 25.2 Å². The van der Waals surface area contributed by atoms with E-state index < -0.39 is 49.3 Å². The Bertz CT molecular complexity index is 665. The molecule has 0 amide bonds. The molecule has 1 fully saturated rings. The van der Waals surface area contributed by atoms with Gasteiger partial charge in [-0.3, -0.25) is 0 Å². The van der Waals surface area contributed by atoms with Crippen LogP contribution in [0.5, 0.6) is 11.5 Å². The number of ether oxygens (including phenoxy) is 2. The normalized spacial score (nSPS) is 34.2. The van der Waals surface area contributed by atoms with Crippen molar-refractivity contribution in [2.45, 2.75) is 43.2 Å². The summed E-state index contributed by atoms with van der Waals surface area (Å²) in [6.07, 6.45) is -7.15. The summed E-state index contributed by atoms with van der Waals surface area (Å²) in [4.78, 5) is 11.1. The lowest BCUT2D eigenvalue weighted by atomic mass is 9.99. The molecule has 1 saturated heterocycles. The number of aromatic hydroxyl groups is 1. The molecule has 0 aliphatic carbocycles. The molecule has 138 valence electrons. The van der Waals surface area contributed by atoms with Gasteiger partial charge in [0, 0.05) is 18.2 Å². The highest BCUT2D eigenvalue weighted by Gasteiger charge is 2.45. The van der Waals surface area contributed by atoms with Crippen molar-refractivity contribution in [3.8, 4) is 11.5 Å². The Balaban J connectivity index is 1.80. The Morgan fingerprint density at radius 1 is 1.24 bits per heavy atom. The van der Waals surface area contributed by atoms with E-state index in [2.05, 4.69) is 5.32 Å². The summed E-state index contributed by atoms with van der Waals surface area (Å²) in [5, 5.41) is 60.5. The van der Waals surface area contributed by atoms with Gasteiger partial charge in [-0.15, -0.1) is 0 Å². The van der Waals surface area contributed by atoms with E-state index in [1.807, 2.05) is 0 Å². The first-order chi connectivity index (χ1) is 11.8. The second kappa shape index (κ2) is 6.65. The number of aliphatic hydroxyl groups excluding tert-OH is 4. The summed E-state index contributed by atoms with van der Waals surface area (Å²) >= 11 is 0. The molecule has 0 radical (unpaired) electrons. The summed E-state index contributed by atoms with van der Waals surface area (Å²) in [5.41, 5.74) is 1.04. The monoisotopic (exact) mass is 357 g/mol. The maximum Gasteiger partial charge on any atom is 0.326 e. The van der Waals surface area contributed by atoms with Gasteiger partial charge in [-0.1, -0.05) is 0 Å². The van der Waals surface area contributed by atoms with Crippen LogP contribution in [0, 0.1) is 0 Å². The van der Waals surface area contributed by atoms with Crippen LogP contribution in [0.1, 0.15) is 5.56 Å². The standard InChI is InChI=1S/C15H19NO9/c17-4-10-11(19)12(20)13(21)15(25-10)24-9-2-5-1-7(14(22)23)16-6(5)3-8(9)18/h2-3,7,10-13,15-21H,1,4H2,(H,22,23)/t7?,10-,11-,12+,13-,15-/m1/s1. The molecule has 0 saturated carbocycles. The summed E-state index contributed by atoms with van der Waals surface area (Å²) in [6, 6.07) is 1.87. The van der Waals surface area contributed by atoms with E-state index in [0.29, 0.717) is 11.3 Å². The van der Waals surface area contributed by atoms with E-state index in [0.717, 1.165) is 0 Å². The van der Waals surface area contributed by atoms with Crippen LogP contribution in [-0.4, -0.2) is 80.0 Å². The number of nitrogens with one attached hydrogen (secondary N) is 1.